The lowest BCUT2D eigenvalue weighted by Crippen LogP contribution is -2.23. The second-order valence-corrected chi connectivity index (χ2v) is 12.2. The van der Waals surface area contributed by atoms with Gasteiger partial charge in [0.2, 0.25) is 5.55 Å². The predicted molar refractivity (Wildman–Crippen MR) is 83.0 cm³/mol. The summed E-state index contributed by atoms with van der Waals surface area (Å²) in [6.07, 6.45) is -0.170. The first kappa shape index (κ1) is 17.7. The molecule has 1 heterocycles. The first-order valence-electron chi connectivity index (χ1n) is 6.35. The molecule has 0 N–H and O–H groups in total. The van der Waals surface area contributed by atoms with E-state index in [2.05, 4.69) is 6.58 Å². The monoisotopic (exact) mass is 338 g/mol. The van der Waals surface area contributed by atoms with E-state index in [1.807, 2.05) is 0 Å². The molecule has 0 aliphatic carbocycles. The van der Waals surface area contributed by atoms with Gasteiger partial charge in [0.1, 0.15) is 0 Å². The second kappa shape index (κ2) is 8.15. The smallest absolute Gasteiger partial charge is 0.314 e. The van der Waals surface area contributed by atoms with E-state index in [9.17, 15) is 14.2 Å². The number of carbonyl (C=O) groups excluding carboxylic acids is 2. The Labute approximate surface area is 127 Å². The Bertz CT molecular complexity index is 428. The molecule has 1 rings (SSSR count). The quantitative estimate of drug-likeness (QED) is 0.521. The molecule has 0 saturated carbocycles. The second-order valence-electron chi connectivity index (χ2n) is 3.97. The fourth-order valence-electron chi connectivity index (χ4n) is 1.68. The molecule has 5 nitrogen and oxygen atoms in total. The van der Waals surface area contributed by atoms with Gasteiger partial charge >= 0.3 is 11.9 Å². The summed E-state index contributed by atoms with van der Waals surface area (Å²) in [5.41, 5.74) is -2.74. The minimum Gasteiger partial charge on any atom is -0.466 e. The zero-order chi connectivity index (χ0) is 15.2. The summed E-state index contributed by atoms with van der Waals surface area (Å²) in [6, 6.07) is 0. The summed E-state index contributed by atoms with van der Waals surface area (Å²) in [5, 5.41) is 0.302. The summed E-state index contributed by atoms with van der Waals surface area (Å²) < 4.78 is 22.5. The zero-order valence-electron chi connectivity index (χ0n) is 11.6. The van der Waals surface area contributed by atoms with Crippen molar-refractivity contribution in [1.82, 2.24) is 0 Å². The van der Waals surface area contributed by atoms with Gasteiger partial charge in [-0.2, -0.15) is 0 Å². The summed E-state index contributed by atoms with van der Waals surface area (Å²) in [7, 11) is 0. The lowest BCUT2D eigenvalue weighted by Gasteiger charge is -2.20. The van der Waals surface area contributed by atoms with Gasteiger partial charge in [-0.05, 0) is 13.8 Å². The fraction of sp³-hybridized carbons (Fsp3) is 0.667. The van der Waals surface area contributed by atoms with Crippen LogP contribution in [0.15, 0.2) is 11.9 Å². The molecule has 0 spiro atoms. The number of esters is 2. The van der Waals surface area contributed by atoms with Crippen molar-refractivity contribution in [2.45, 2.75) is 20.3 Å². The molecule has 0 bridgehead atoms. The van der Waals surface area contributed by atoms with Crippen molar-refractivity contribution in [3.63, 3.8) is 0 Å². The lowest BCUT2D eigenvalue weighted by molar-refractivity contribution is -0.153. The highest BCUT2D eigenvalue weighted by molar-refractivity contribution is 8.93. The van der Waals surface area contributed by atoms with Gasteiger partial charge < -0.3 is 9.47 Å². The van der Waals surface area contributed by atoms with E-state index in [-0.39, 0.29) is 19.6 Å². The van der Waals surface area contributed by atoms with Crippen molar-refractivity contribution in [2.24, 2.45) is 5.92 Å². The molecule has 1 unspecified atom stereocenters. The van der Waals surface area contributed by atoms with Gasteiger partial charge in [-0.3, -0.25) is 14.2 Å². The predicted octanol–water partition coefficient (Wildman–Crippen LogP) is 3.31. The fourth-order valence-corrected chi connectivity index (χ4v) is 10.5. The van der Waals surface area contributed by atoms with Crippen molar-refractivity contribution in [2.75, 3.05) is 24.7 Å². The molecule has 1 atom stereocenters. The summed E-state index contributed by atoms with van der Waals surface area (Å²) >= 11 is 2.63. The van der Waals surface area contributed by atoms with Gasteiger partial charge in [0.05, 0.1) is 25.6 Å². The Morgan fingerprint density at radius 2 is 1.75 bits per heavy atom. The Morgan fingerprint density at radius 3 is 2.25 bits per heavy atom. The van der Waals surface area contributed by atoms with Gasteiger partial charge in [-0.25, -0.2) is 0 Å². The first-order chi connectivity index (χ1) is 9.44. The van der Waals surface area contributed by atoms with Crippen LogP contribution < -0.4 is 0 Å². The summed E-state index contributed by atoms with van der Waals surface area (Å²) in [5.74, 6) is -0.439. The van der Waals surface area contributed by atoms with Crippen molar-refractivity contribution in [1.29, 1.82) is 0 Å². The maximum Gasteiger partial charge on any atom is 0.314 e. The zero-order valence-corrected chi connectivity index (χ0v) is 14.2. The van der Waals surface area contributed by atoms with Crippen LogP contribution in [0.3, 0.4) is 0 Å². The summed E-state index contributed by atoms with van der Waals surface area (Å²) in [4.78, 5) is 23.6. The van der Waals surface area contributed by atoms with Gasteiger partial charge in [0, 0.05) is 16.8 Å². The molecule has 0 radical (unpaired) electrons. The number of carbonyl (C=O) groups is 2. The van der Waals surface area contributed by atoms with Crippen LogP contribution in [0.5, 0.6) is 0 Å². The van der Waals surface area contributed by atoms with Crippen molar-refractivity contribution < 1.29 is 23.6 Å². The Hall–Kier alpha value is -0.390. The van der Waals surface area contributed by atoms with Crippen molar-refractivity contribution in [3.8, 4) is 0 Å². The molecule has 1 saturated heterocycles. The van der Waals surface area contributed by atoms with Gasteiger partial charge in [-0.1, -0.05) is 29.3 Å². The van der Waals surface area contributed by atoms with Crippen LogP contribution in [0.25, 0.3) is 0 Å². The molecule has 20 heavy (non-hydrogen) atoms. The van der Waals surface area contributed by atoms with Crippen molar-refractivity contribution in [3.05, 3.63) is 11.9 Å². The van der Waals surface area contributed by atoms with Gasteiger partial charge in [-0.15, -0.1) is 0 Å². The molecule has 1 aliphatic rings. The van der Waals surface area contributed by atoms with Crippen LogP contribution in [-0.4, -0.2) is 36.7 Å². The van der Waals surface area contributed by atoms with Crippen LogP contribution in [0.2, 0.25) is 0 Å². The third kappa shape index (κ3) is 4.57. The minimum atomic E-state index is -2.74. The molecule has 1 aliphatic heterocycles. The third-order valence-electron chi connectivity index (χ3n) is 2.61. The average Bonchev–Trinajstić information content (AvgIpc) is 2.84. The van der Waals surface area contributed by atoms with Gasteiger partial charge in [0.15, 0.2) is 0 Å². The maximum atomic E-state index is 12.7. The largest absolute Gasteiger partial charge is 0.466 e. The molecule has 0 aromatic carbocycles. The van der Waals surface area contributed by atoms with E-state index >= 15 is 0 Å². The first-order valence-corrected chi connectivity index (χ1v) is 11.2. The van der Waals surface area contributed by atoms with Gasteiger partial charge in [0.25, 0.3) is 0 Å². The summed E-state index contributed by atoms with van der Waals surface area (Å²) in [6.45, 7) is 7.63. The highest BCUT2D eigenvalue weighted by Gasteiger charge is 2.40. The molecular formula is C12H19O5PS2. The number of ether oxygens (including phenoxy) is 2. The topological polar surface area (TPSA) is 69.7 Å². The number of hydrogen-bond acceptors (Lipinski definition) is 7. The van der Waals surface area contributed by atoms with E-state index in [1.54, 1.807) is 13.8 Å². The van der Waals surface area contributed by atoms with Crippen LogP contribution in [-0.2, 0) is 23.6 Å². The molecule has 0 aromatic heterocycles. The van der Waals surface area contributed by atoms with E-state index < -0.39 is 23.4 Å². The molecule has 114 valence electrons. The Morgan fingerprint density at radius 1 is 1.20 bits per heavy atom. The normalized spacial score (nSPS) is 18.3. The Balaban J connectivity index is 2.86. The van der Waals surface area contributed by atoms with Crippen LogP contribution in [0, 0.1) is 5.92 Å². The number of hydrogen-bond donors (Lipinski definition) is 0. The Kier molecular flexibility index (Phi) is 7.20. The number of rotatable bonds is 7. The highest BCUT2D eigenvalue weighted by atomic mass is 33.1. The molecule has 8 heteroatoms. The highest BCUT2D eigenvalue weighted by Crippen LogP contribution is 2.79. The third-order valence-corrected chi connectivity index (χ3v) is 11.8. The molecule has 1 fully saturated rings. The molecule has 0 amide bonds. The standard InChI is InChI=1S/C12H19O5PS2/c1-4-16-11(13)8-10(12(14)17-5-2)9(3)18(15)19-6-7-20-18/h10H,3-8H2,1-2H3. The minimum absolute atomic E-state index is 0.170. The van der Waals surface area contributed by atoms with Crippen molar-refractivity contribution >= 4 is 40.2 Å². The molecule has 0 aromatic rings. The van der Waals surface area contributed by atoms with E-state index in [4.69, 9.17) is 9.47 Å². The maximum absolute atomic E-state index is 12.7. The van der Waals surface area contributed by atoms with E-state index in [1.165, 1.54) is 22.8 Å². The SMILES string of the molecule is C=C(C(CC(=O)OCC)C(=O)OCC)P1(=O)SCCS1. The van der Waals surface area contributed by atoms with Crippen LogP contribution in [0.4, 0.5) is 0 Å². The lowest BCUT2D eigenvalue weighted by atomic mass is 10.1. The van der Waals surface area contributed by atoms with E-state index in [0.29, 0.717) is 5.31 Å². The van der Waals surface area contributed by atoms with Crippen LogP contribution >= 0.6 is 28.3 Å². The average molecular weight is 338 g/mol. The van der Waals surface area contributed by atoms with Crippen LogP contribution in [0.1, 0.15) is 20.3 Å². The molecular weight excluding hydrogens is 319 g/mol. The van der Waals surface area contributed by atoms with E-state index in [0.717, 1.165) is 11.5 Å².